The topological polar surface area (TPSA) is 64.5 Å². The molecule has 0 bridgehead atoms. The van der Waals surface area contributed by atoms with Crippen molar-refractivity contribution in [3.63, 3.8) is 0 Å². The van der Waals surface area contributed by atoms with Crippen molar-refractivity contribution in [3.8, 4) is 32.7 Å². The lowest BCUT2D eigenvalue weighted by Crippen LogP contribution is -1.92. The molecule has 7 heteroatoms. The maximum absolute atomic E-state index is 4.86. The van der Waals surface area contributed by atoms with Gasteiger partial charge in [0.05, 0.1) is 15.3 Å². The molecule has 0 saturated heterocycles. The predicted octanol–water partition coefficient (Wildman–Crippen LogP) is 4.94. The lowest BCUT2D eigenvalue weighted by atomic mass is 10.2. The van der Waals surface area contributed by atoms with E-state index < -0.39 is 0 Å². The fourth-order valence-corrected chi connectivity index (χ4v) is 4.42. The molecule has 124 valence electrons. The third-order valence-electron chi connectivity index (χ3n) is 3.88. The highest BCUT2D eigenvalue weighted by molar-refractivity contribution is 7.18. The van der Waals surface area contributed by atoms with Crippen molar-refractivity contribution >= 4 is 32.8 Å². The van der Waals surface area contributed by atoms with Gasteiger partial charge in [-0.25, -0.2) is 19.9 Å². The third kappa shape index (κ3) is 2.67. The van der Waals surface area contributed by atoms with Crippen LogP contribution in [0.2, 0.25) is 0 Å². The molecule has 5 heterocycles. The van der Waals surface area contributed by atoms with Gasteiger partial charge in [-0.15, -0.1) is 22.7 Å². The molecular formula is C19H11N5S2. The number of rotatable bonds is 3. The molecule has 0 spiro atoms. The Morgan fingerprint density at radius 1 is 0.885 bits per heavy atom. The fourth-order valence-electron chi connectivity index (χ4n) is 2.69. The second kappa shape index (κ2) is 6.36. The maximum Gasteiger partial charge on any atom is 0.179 e. The van der Waals surface area contributed by atoms with E-state index in [4.69, 9.17) is 4.98 Å². The summed E-state index contributed by atoms with van der Waals surface area (Å²) in [5.74, 6) is 0.638. The van der Waals surface area contributed by atoms with E-state index in [1.165, 1.54) is 0 Å². The third-order valence-corrected chi connectivity index (χ3v) is 5.89. The van der Waals surface area contributed by atoms with Crippen LogP contribution >= 0.6 is 22.7 Å². The minimum atomic E-state index is 0.638. The van der Waals surface area contributed by atoms with E-state index >= 15 is 0 Å². The molecule has 0 atom stereocenters. The summed E-state index contributed by atoms with van der Waals surface area (Å²) in [6.45, 7) is 0. The SMILES string of the molecule is c1cnc(-c2nc(-c3cnc(-c4cccnc4)s3)cc3ccsc23)nc1. The smallest absolute Gasteiger partial charge is 0.179 e. The second-order valence-corrected chi connectivity index (χ2v) is 7.49. The van der Waals surface area contributed by atoms with Crippen LogP contribution in [0.4, 0.5) is 0 Å². The highest BCUT2D eigenvalue weighted by Gasteiger charge is 2.15. The number of pyridine rings is 2. The van der Waals surface area contributed by atoms with Crippen LogP contribution in [0.25, 0.3) is 42.7 Å². The molecule has 5 rings (SSSR count). The average Bonchev–Trinajstić information content (AvgIpc) is 3.38. The van der Waals surface area contributed by atoms with Gasteiger partial charge >= 0.3 is 0 Å². The van der Waals surface area contributed by atoms with Crippen molar-refractivity contribution in [1.82, 2.24) is 24.9 Å². The number of nitrogens with zero attached hydrogens (tertiary/aromatic N) is 5. The number of thiazole rings is 1. The van der Waals surface area contributed by atoms with Crippen molar-refractivity contribution < 1.29 is 0 Å². The summed E-state index contributed by atoms with van der Waals surface area (Å²) in [5, 5.41) is 4.13. The molecular weight excluding hydrogens is 362 g/mol. The molecule has 0 amide bonds. The Hall–Kier alpha value is -3.03. The zero-order valence-corrected chi connectivity index (χ0v) is 15.0. The van der Waals surface area contributed by atoms with Gasteiger partial charge in [-0.2, -0.15) is 0 Å². The standard InChI is InChI=1S/C19H11N5S2/c1-3-13(10-20-5-1)19-23-11-15(26-19)14-9-12-4-8-25-17(12)16(24-14)18-21-6-2-7-22-18/h1-11H. The summed E-state index contributed by atoms with van der Waals surface area (Å²) in [6.07, 6.45) is 8.92. The molecule has 0 fully saturated rings. The van der Waals surface area contributed by atoms with Crippen LogP contribution in [0.15, 0.2) is 66.7 Å². The lowest BCUT2D eigenvalue weighted by Gasteiger charge is -2.04. The largest absolute Gasteiger partial charge is 0.264 e. The Morgan fingerprint density at radius 2 is 1.81 bits per heavy atom. The van der Waals surface area contributed by atoms with Crippen LogP contribution in [0.3, 0.4) is 0 Å². The molecule has 5 nitrogen and oxygen atoms in total. The minimum absolute atomic E-state index is 0.638. The van der Waals surface area contributed by atoms with Gasteiger partial charge in [-0.05, 0) is 41.1 Å². The Labute approximate surface area is 157 Å². The first-order valence-corrected chi connectivity index (χ1v) is 9.60. The number of thiophene rings is 1. The molecule has 0 N–H and O–H groups in total. The van der Waals surface area contributed by atoms with E-state index in [0.29, 0.717) is 5.82 Å². The minimum Gasteiger partial charge on any atom is -0.264 e. The van der Waals surface area contributed by atoms with Gasteiger partial charge in [0.1, 0.15) is 10.7 Å². The molecule has 5 aromatic rings. The molecule has 0 radical (unpaired) electrons. The number of fused-ring (bicyclic) bond motifs is 1. The van der Waals surface area contributed by atoms with E-state index in [-0.39, 0.29) is 0 Å². The van der Waals surface area contributed by atoms with E-state index in [9.17, 15) is 0 Å². The van der Waals surface area contributed by atoms with Crippen LogP contribution in [0.5, 0.6) is 0 Å². The zero-order chi connectivity index (χ0) is 17.3. The van der Waals surface area contributed by atoms with Crippen LogP contribution in [0.1, 0.15) is 0 Å². The van der Waals surface area contributed by atoms with E-state index in [1.807, 2.05) is 30.6 Å². The quantitative estimate of drug-likeness (QED) is 0.448. The van der Waals surface area contributed by atoms with Crippen LogP contribution in [-0.4, -0.2) is 24.9 Å². The molecule has 0 saturated carbocycles. The Kier molecular flexibility index (Phi) is 3.73. The molecule has 0 aliphatic heterocycles. The maximum atomic E-state index is 4.86. The first-order valence-electron chi connectivity index (χ1n) is 7.91. The first-order chi connectivity index (χ1) is 12.9. The summed E-state index contributed by atoms with van der Waals surface area (Å²) in [7, 11) is 0. The van der Waals surface area contributed by atoms with Gasteiger partial charge < -0.3 is 0 Å². The monoisotopic (exact) mass is 373 g/mol. The predicted molar refractivity (Wildman–Crippen MR) is 105 cm³/mol. The van der Waals surface area contributed by atoms with Crippen molar-refractivity contribution in [2.24, 2.45) is 0 Å². The normalized spacial score (nSPS) is 11.1. The van der Waals surface area contributed by atoms with Crippen molar-refractivity contribution in [3.05, 3.63) is 66.7 Å². The zero-order valence-electron chi connectivity index (χ0n) is 13.4. The molecule has 0 aromatic carbocycles. The van der Waals surface area contributed by atoms with Crippen molar-refractivity contribution in [2.75, 3.05) is 0 Å². The summed E-state index contributed by atoms with van der Waals surface area (Å²) in [5.41, 5.74) is 2.70. The van der Waals surface area contributed by atoms with Gasteiger partial charge in [0.2, 0.25) is 0 Å². The Bertz CT molecular complexity index is 1180. The average molecular weight is 373 g/mol. The fraction of sp³-hybridized carbons (Fsp3) is 0. The molecule has 5 aromatic heterocycles. The number of aromatic nitrogens is 5. The molecule has 0 aliphatic carbocycles. The van der Waals surface area contributed by atoms with Crippen molar-refractivity contribution in [1.29, 1.82) is 0 Å². The molecule has 0 unspecified atom stereocenters. The number of hydrogen-bond acceptors (Lipinski definition) is 7. The lowest BCUT2D eigenvalue weighted by molar-refractivity contribution is 1.15. The van der Waals surface area contributed by atoms with Gasteiger partial charge in [0, 0.05) is 36.5 Å². The van der Waals surface area contributed by atoms with Gasteiger partial charge in [-0.3, -0.25) is 4.98 Å². The van der Waals surface area contributed by atoms with Gasteiger partial charge in [0.25, 0.3) is 0 Å². The van der Waals surface area contributed by atoms with Crippen molar-refractivity contribution in [2.45, 2.75) is 0 Å². The summed E-state index contributed by atoms with van der Waals surface area (Å²) < 4.78 is 1.09. The summed E-state index contributed by atoms with van der Waals surface area (Å²) >= 11 is 3.25. The van der Waals surface area contributed by atoms with Crippen LogP contribution in [-0.2, 0) is 0 Å². The highest BCUT2D eigenvalue weighted by Crippen LogP contribution is 2.36. The van der Waals surface area contributed by atoms with E-state index in [0.717, 1.165) is 36.9 Å². The molecule has 26 heavy (non-hydrogen) atoms. The Morgan fingerprint density at radius 3 is 2.65 bits per heavy atom. The first kappa shape index (κ1) is 15.2. The van der Waals surface area contributed by atoms with Gasteiger partial charge in [0.15, 0.2) is 5.82 Å². The summed E-state index contributed by atoms with van der Waals surface area (Å²) in [4.78, 5) is 23.3. The second-order valence-electron chi connectivity index (χ2n) is 5.54. The van der Waals surface area contributed by atoms with Gasteiger partial charge in [-0.1, -0.05) is 0 Å². The Balaban J connectivity index is 1.65. The van der Waals surface area contributed by atoms with Crippen LogP contribution < -0.4 is 0 Å². The highest BCUT2D eigenvalue weighted by atomic mass is 32.1. The molecule has 0 aliphatic rings. The van der Waals surface area contributed by atoms with E-state index in [1.54, 1.807) is 41.3 Å². The number of hydrogen-bond donors (Lipinski definition) is 0. The van der Waals surface area contributed by atoms with E-state index in [2.05, 4.69) is 37.4 Å². The van der Waals surface area contributed by atoms with Crippen LogP contribution in [0, 0.1) is 0 Å². The summed E-state index contributed by atoms with van der Waals surface area (Å²) in [6, 6.07) is 9.92.